The van der Waals surface area contributed by atoms with Crippen molar-refractivity contribution in [3.63, 3.8) is 0 Å². The van der Waals surface area contributed by atoms with Crippen LogP contribution in [0.1, 0.15) is 27.7 Å². The van der Waals surface area contributed by atoms with Gasteiger partial charge in [-0.1, -0.05) is 58.6 Å². The molecule has 0 bridgehead atoms. The Hall–Kier alpha value is -1.16. The van der Waals surface area contributed by atoms with Crippen molar-refractivity contribution in [1.82, 2.24) is 0 Å². The van der Waals surface area contributed by atoms with Crippen LogP contribution in [0.4, 0.5) is 0 Å². The van der Waals surface area contributed by atoms with E-state index in [2.05, 4.69) is 19.6 Å². The van der Waals surface area contributed by atoms with Gasteiger partial charge in [-0.25, -0.2) is 8.42 Å². The Balaban J connectivity index is 0.000000799. The van der Waals surface area contributed by atoms with E-state index in [1.807, 2.05) is 52.9 Å². The number of hydrogen-bond donors (Lipinski definition) is 0. The summed E-state index contributed by atoms with van der Waals surface area (Å²) >= 11 is 0. The Morgan fingerprint density at radius 1 is 0.970 bits per heavy atom. The molecule has 2 aliphatic carbocycles. The van der Waals surface area contributed by atoms with Crippen LogP contribution in [0.3, 0.4) is 0 Å². The van der Waals surface area contributed by atoms with Crippen molar-refractivity contribution in [2.75, 3.05) is 6.61 Å². The van der Waals surface area contributed by atoms with Crippen molar-refractivity contribution in [2.45, 2.75) is 52.2 Å². The van der Waals surface area contributed by atoms with Crippen LogP contribution < -0.4 is 0 Å². The maximum atomic E-state index is 13.5. The number of esters is 1. The Labute approximate surface area is 212 Å². The molecule has 0 heterocycles. The molecule has 1 unspecified atom stereocenters. The number of sulfone groups is 1. The molecule has 6 radical (unpaired) electrons. The molecule has 33 heavy (non-hydrogen) atoms. The topological polar surface area (TPSA) is 60.4 Å². The molecule has 182 valence electrons. The van der Waals surface area contributed by atoms with E-state index in [0.29, 0.717) is 0 Å². The van der Waals surface area contributed by atoms with Gasteiger partial charge in [-0.2, -0.15) is 0 Å². The largest absolute Gasteiger partial charge is 0.465 e. The van der Waals surface area contributed by atoms with E-state index in [1.165, 1.54) is 0 Å². The molecule has 1 atom stereocenters. The molecule has 0 N–H and O–H groups in total. The predicted octanol–water partition coefficient (Wildman–Crippen LogP) is 5.78. The summed E-state index contributed by atoms with van der Waals surface area (Å²) < 4.78 is 32.3. The van der Waals surface area contributed by atoms with Crippen LogP contribution in [0.15, 0.2) is 57.0 Å². The zero-order valence-corrected chi connectivity index (χ0v) is 23.4. The second kappa shape index (κ2) is 12.0. The number of benzene rings is 1. The van der Waals surface area contributed by atoms with E-state index in [9.17, 15) is 13.2 Å². The molecule has 3 rings (SSSR count). The summed E-state index contributed by atoms with van der Waals surface area (Å²) in [7, 11) is -5.87. The van der Waals surface area contributed by atoms with E-state index in [0.717, 1.165) is 10.8 Å². The van der Waals surface area contributed by atoms with Gasteiger partial charge in [-0.05, 0) is 73.4 Å². The molecule has 7 heteroatoms. The minimum absolute atomic E-state index is 0. The fourth-order valence-electron chi connectivity index (χ4n) is 3.79. The molecule has 0 spiro atoms. The zero-order chi connectivity index (χ0) is 24.2. The van der Waals surface area contributed by atoms with Gasteiger partial charge >= 0.3 is 5.97 Å². The number of carbonyl (C=O) groups excluding carboxylic acids is 1. The summed E-state index contributed by atoms with van der Waals surface area (Å²) in [5.41, 5.74) is 0.462. The Bertz CT molecular complexity index is 956. The number of rotatable bonds is 5. The van der Waals surface area contributed by atoms with Gasteiger partial charge in [0, 0.05) is 16.8 Å². The van der Waals surface area contributed by atoms with Crippen molar-refractivity contribution >= 4 is 23.9 Å². The van der Waals surface area contributed by atoms with Gasteiger partial charge in [-0.3, -0.25) is 4.79 Å². The Kier molecular flexibility index (Phi) is 10.9. The molecule has 1 aromatic rings. The third-order valence-corrected chi connectivity index (χ3v) is 9.41. The minimum Gasteiger partial charge on any atom is -0.465 e. The average molecular weight is 531 g/mol. The summed E-state index contributed by atoms with van der Waals surface area (Å²) in [6.45, 7) is 14.3. The Morgan fingerprint density at radius 3 is 1.85 bits per heavy atom. The maximum absolute atomic E-state index is 13.5. The van der Waals surface area contributed by atoms with Crippen molar-refractivity contribution < 1.29 is 34.7 Å². The molecular formula is C26H35CoO4SSi. The molecule has 1 fully saturated rings. The van der Waals surface area contributed by atoms with Crippen LogP contribution in [0.25, 0.3) is 0 Å². The van der Waals surface area contributed by atoms with Gasteiger partial charge in [0.2, 0.25) is 9.84 Å². The summed E-state index contributed by atoms with van der Waals surface area (Å²) in [6.07, 6.45) is 11.7. The van der Waals surface area contributed by atoms with E-state index in [4.69, 9.17) is 4.74 Å². The first-order valence-electron chi connectivity index (χ1n) is 10.9. The van der Waals surface area contributed by atoms with E-state index >= 15 is 0 Å². The van der Waals surface area contributed by atoms with E-state index in [-0.39, 0.29) is 44.6 Å². The van der Waals surface area contributed by atoms with E-state index in [1.54, 1.807) is 43.3 Å². The first-order valence-corrected chi connectivity index (χ1v) is 15.9. The van der Waals surface area contributed by atoms with Gasteiger partial charge in [-0.15, -0.1) is 0 Å². The normalized spacial score (nSPS) is 18.8. The van der Waals surface area contributed by atoms with Gasteiger partial charge in [0.15, 0.2) is 0 Å². The monoisotopic (exact) mass is 530 g/mol. The van der Waals surface area contributed by atoms with Crippen LogP contribution in [0, 0.1) is 43.4 Å². The summed E-state index contributed by atoms with van der Waals surface area (Å²) in [6, 6.07) is 8.43. The first-order chi connectivity index (χ1) is 14.8. The van der Waals surface area contributed by atoms with Crippen LogP contribution >= 0.6 is 0 Å². The first kappa shape index (κ1) is 29.9. The third kappa shape index (κ3) is 7.41. The van der Waals surface area contributed by atoms with Crippen LogP contribution in [0.5, 0.6) is 0 Å². The van der Waals surface area contributed by atoms with Crippen molar-refractivity contribution in [3.8, 4) is 0 Å². The second-order valence-electron chi connectivity index (χ2n) is 9.84. The average Bonchev–Trinajstić information content (AvgIpc) is 3.39. The molecule has 0 aliphatic heterocycles. The molecule has 4 nitrogen and oxygen atoms in total. The van der Waals surface area contributed by atoms with Crippen LogP contribution in [-0.4, -0.2) is 29.1 Å². The molecule has 1 saturated carbocycles. The third-order valence-electron chi connectivity index (χ3n) is 5.25. The zero-order valence-electron chi connectivity index (χ0n) is 20.5. The van der Waals surface area contributed by atoms with Gasteiger partial charge in [0.1, 0.15) is 0 Å². The molecule has 1 aromatic carbocycles. The SMILES string of the molecule is CCOC(=O)C1C(C(C)(C)C)=CC(S(=O)(=O)c2ccccc2)=C1[Si](C)(C)C.[CH]1[CH][CH][CH][CH]1.[Co]. The van der Waals surface area contributed by atoms with Crippen LogP contribution in [0.2, 0.25) is 19.6 Å². The van der Waals surface area contributed by atoms with Gasteiger partial charge in [0.25, 0.3) is 0 Å². The second-order valence-corrected chi connectivity index (χ2v) is 16.8. The molecular weight excluding hydrogens is 495 g/mol. The summed E-state index contributed by atoms with van der Waals surface area (Å²) in [5, 5.41) is 0.745. The van der Waals surface area contributed by atoms with Crippen LogP contribution in [-0.2, 0) is 36.1 Å². The number of hydrogen-bond acceptors (Lipinski definition) is 4. The summed E-state index contributed by atoms with van der Waals surface area (Å²) in [5.74, 6) is -0.973. The quantitative estimate of drug-likeness (QED) is 0.358. The fourth-order valence-corrected chi connectivity index (χ4v) is 8.52. The standard InChI is InChI=1S/C21H30O4SSi.C5H5.Co/c1-8-25-20(22)18-16(21(2,3)4)14-17(19(18)27(5,6)7)26(23,24)15-12-10-9-11-13-15;1-2-4-5-3-1;/h9-14,18H,8H2,1-7H3;1-5H;. The van der Waals surface area contributed by atoms with E-state index < -0.39 is 23.8 Å². The van der Waals surface area contributed by atoms with Gasteiger partial charge < -0.3 is 4.74 Å². The smallest absolute Gasteiger partial charge is 0.316 e. The Morgan fingerprint density at radius 2 is 1.45 bits per heavy atom. The predicted molar refractivity (Wildman–Crippen MR) is 133 cm³/mol. The minimum atomic E-state index is -3.72. The number of allylic oxidation sites excluding steroid dienone is 1. The molecule has 0 amide bonds. The molecule has 0 saturated heterocycles. The molecule has 2 aliphatic rings. The van der Waals surface area contributed by atoms with Gasteiger partial charge in [0.05, 0.1) is 30.4 Å². The van der Waals surface area contributed by atoms with Crippen molar-refractivity contribution in [3.05, 3.63) is 84.2 Å². The number of carbonyl (C=O) groups is 1. The van der Waals surface area contributed by atoms with Crippen molar-refractivity contribution in [1.29, 1.82) is 0 Å². The van der Waals surface area contributed by atoms with Crippen molar-refractivity contribution in [2.24, 2.45) is 11.3 Å². The fraction of sp³-hybridized carbons (Fsp3) is 0.385. The molecule has 0 aromatic heterocycles. The number of ether oxygens (including phenoxy) is 1. The maximum Gasteiger partial charge on any atom is 0.316 e. The summed E-state index contributed by atoms with van der Waals surface area (Å²) in [4.78, 5) is 13.4.